The first-order chi connectivity index (χ1) is 15.8. The van der Waals surface area contributed by atoms with Gasteiger partial charge in [-0.1, -0.05) is 37.6 Å². The minimum absolute atomic E-state index is 0.00653. The maximum Gasteiger partial charge on any atom is 0.244 e. The first-order valence-corrected chi connectivity index (χ1v) is 13.1. The van der Waals surface area contributed by atoms with Gasteiger partial charge in [-0.2, -0.15) is 0 Å². The molecular formula is C24H31ClFN3O4S. The average molecular weight is 512 g/mol. The number of amides is 2. The van der Waals surface area contributed by atoms with Gasteiger partial charge in [-0.25, -0.2) is 12.8 Å². The van der Waals surface area contributed by atoms with Gasteiger partial charge in [0, 0.05) is 18.1 Å². The predicted octanol–water partition coefficient (Wildman–Crippen LogP) is 3.74. The van der Waals surface area contributed by atoms with Crippen molar-refractivity contribution in [3.05, 3.63) is 64.4 Å². The van der Waals surface area contributed by atoms with E-state index in [4.69, 9.17) is 11.6 Å². The van der Waals surface area contributed by atoms with Crippen LogP contribution < -0.4 is 9.62 Å². The van der Waals surface area contributed by atoms with E-state index in [1.54, 1.807) is 26.0 Å². The standard InChI is InChI=1S/C24H31ClFN3O4S/c1-16(2)13-27-24(31)18(4)28(14-19-6-9-21(26)10-7-19)23(30)15-29(34(5,32)33)22-11-8-20(25)12-17(22)3/h6-12,16,18H,13-15H2,1-5H3,(H,27,31)/t18-/m1/s1. The van der Waals surface area contributed by atoms with Gasteiger partial charge in [0.25, 0.3) is 0 Å². The number of halogens is 2. The van der Waals surface area contributed by atoms with Crippen molar-refractivity contribution in [1.29, 1.82) is 0 Å². The molecule has 0 bridgehead atoms. The molecule has 0 radical (unpaired) electrons. The molecule has 2 aromatic carbocycles. The summed E-state index contributed by atoms with van der Waals surface area (Å²) < 4.78 is 39.6. The van der Waals surface area contributed by atoms with Gasteiger partial charge in [-0.05, 0) is 61.2 Å². The van der Waals surface area contributed by atoms with E-state index in [2.05, 4.69) is 5.32 Å². The van der Waals surface area contributed by atoms with E-state index >= 15 is 0 Å². The van der Waals surface area contributed by atoms with Crippen molar-refractivity contribution in [1.82, 2.24) is 10.2 Å². The van der Waals surface area contributed by atoms with Crippen LogP contribution in [0.25, 0.3) is 0 Å². The largest absolute Gasteiger partial charge is 0.354 e. The molecule has 1 atom stereocenters. The number of nitrogens with zero attached hydrogens (tertiary/aromatic N) is 2. The summed E-state index contributed by atoms with van der Waals surface area (Å²) in [6.07, 6.45) is 1.01. The molecule has 0 saturated heterocycles. The Bertz CT molecular complexity index is 1120. The van der Waals surface area contributed by atoms with Gasteiger partial charge in [-0.3, -0.25) is 13.9 Å². The number of carbonyl (C=O) groups is 2. The summed E-state index contributed by atoms with van der Waals surface area (Å²) in [6.45, 7) is 7.10. The number of carbonyl (C=O) groups excluding carboxylic acids is 2. The monoisotopic (exact) mass is 511 g/mol. The zero-order valence-corrected chi connectivity index (χ0v) is 21.6. The lowest BCUT2D eigenvalue weighted by atomic mass is 10.1. The van der Waals surface area contributed by atoms with Crippen LogP contribution in [0.15, 0.2) is 42.5 Å². The first-order valence-electron chi connectivity index (χ1n) is 10.8. The van der Waals surface area contributed by atoms with Gasteiger partial charge in [0.2, 0.25) is 21.8 Å². The summed E-state index contributed by atoms with van der Waals surface area (Å²) in [5, 5.41) is 3.24. The normalized spacial score (nSPS) is 12.4. The molecule has 2 rings (SSSR count). The van der Waals surface area contributed by atoms with Gasteiger partial charge >= 0.3 is 0 Å². The number of hydrogen-bond donors (Lipinski definition) is 1. The van der Waals surface area contributed by atoms with Gasteiger partial charge < -0.3 is 10.2 Å². The number of hydrogen-bond acceptors (Lipinski definition) is 4. The summed E-state index contributed by atoms with van der Waals surface area (Å²) in [6, 6.07) is 9.38. The summed E-state index contributed by atoms with van der Waals surface area (Å²) in [5.74, 6) is -1.15. The molecular weight excluding hydrogens is 481 g/mol. The Kier molecular flexibility index (Phi) is 9.46. The smallest absolute Gasteiger partial charge is 0.244 e. The minimum atomic E-state index is -3.84. The quantitative estimate of drug-likeness (QED) is 0.526. The lowest BCUT2D eigenvalue weighted by Gasteiger charge is -2.32. The fraction of sp³-hybridized carbons (Fsp3) is 0.417. The van der Waals surface area contributed by atoms with E-state index in [1.807, 2.05) is 13.8 Å². The molecule has 7 nitrogen and oxygen atoms in total. The van der Waals surface area contributed by atoms with Crippen LogP contribution in [0.3, 0.4) is 0 Å². The number of rotatable bonds is 10. The van der Waals surface area contributed by atoms with Crippen molar-refractivity contribution in [3.8, 4) is 0 Å². The second kappa shape index (κ2) is 11.7. The minimum Gasteiger partial charge on any atom is -0.354 e. The molecule has 186 valence electrons. The maximum atomic E-state index is 13.4. The molecule has 0 unspecified atom stereocenters. The number of aryl methyl sites for hydroxylation is 1. The Balaban J connectivity index is 2.39. The molecule has 2 amide bonds. The van der Waals surface area contributed by atoms with Crippen molar-refractivity contribution in [2.45, 2.75) is 40.3 Å². The Morgan fingerprint density at radius 3 is 2.24 bits per heavy atom. The topological polar surface area (TPSA) is 86.8 Å². The third kappa shape index (κ3) is 7.70. The lowest BCUT2D eigenvalue weighted by Crippen LogP contribution is -2.51. The summed E-state index contributed by atoms with van der Waals surface area (Å²) in [7, 11) is -3.84. The van der Waals surface area contributed by atoms with Crippen LogP contribution in [0.2, 0.25) is 5.02 Å². The van der Waals surface area contributed by atoms with Crippen molar-refractivity contribution < 1.29 is 22.4 Å². The Morgan fingerprint density at radius 1 is 1.09 bits per heavy atom. The van der Waals surface area contributed by atoms with Crippen molar-refractivity contribution in [2.75, 3.05) is 23.7 Å². The van der Waals surface area contributed by atoms with Crippen LogP contribution in [-0.4, -0.2) is 50.5 Å². The van der Waals surface area contributed by atoms with E-state index in [-0.39, 0.29) is 18.4 Å². The fourth-order valence-corrected chi connectivity index (χ4v) is 4.45. The Morgan fingerprint density at radius 2 is 1.71 bits per heavy atom. The molecule has 0 aliphatic carbocycles. The van der Waals surface area contributed by atoms with E-state index in [0.717, 1.165) is 10.6 Å². The van der Waals surface area contributed by atoms with E-state index in [0.29, 0.717) is 28.4 Å². The number of sulfonamides is 1. The highest BCUT2D eigenvalue weighted by Gasteiger charge is 2.30. The predicted molar refractivity (Wildman–Crippen MR) is 133 cm³/mol. The lowest BCUT2D eigenvalue weighted by molar-refractivity contribution is -0.139. The van der Waals surface area contributed by atoms with Gasteiger partial charge in [-0.15, -0.1) is 0 Å². The highest BCUT2D eigenvalue weighted by Crippen LogP contribution is 2.26. The van der Waals surface area contributed by atoms with E-state index < -0.39 is 34.3 Å². The molecule has 1 N–H and O–H groups in total. The van der Waals surface area contributed by atoms with Gasteiger partial charge in [0.05, 0.1) is 11.9 Å². The number of anilines is 1. The molecule has 10 heteroatoms. The zero-order valence-electron chi connectivity index (χ0n) is 20.0. The van der Waals surface area contributed by atoms with Crippen LogP contribution in [0.4, 0.5) is 10.1 Å². The molecule has 0 saturated carbocycles. The summed E-state index contributed by atoms with van der Waals surface area (Å²) in [4.78, 5) is 27.5. The molecule has 2 aromatic rings. The molecule has 34 heavy (non-hydrogen) atoms. The maximum absolute atomic E-state index is 13.4. The van der Waals surface area contributed by atoms with E-state index in [1.165, 1.54) is 35.2 Å². The van der Waals surface area contributed by atoms with Crippen molar-refractivity contribution >= 4 is 39.1 Å². The third-order valence-electron chi connectivity index (χ3n) is 5.22. The molecule has 0 aliphatic heterocycles. The van der Waals surface area contributed by atoms with Crippen LogP contribution in [-0.2, 0) is 26.2 Å². The molecule has 0 aliphatic rings. The van der Waals surface area contributed by atoms with Crippen LogP contribution in [0.1, 0.15) is 31.9 Å². The Labute approximate surface area is 205 Å². The van der Waals surface area contributed by atoms with Gasteiger partial charge in [0.15, 0.2) is 0 Å². The molecule has 0 heterocycles. The SMILES string of the molecule is Cc1cc(Cl)ccc1N(CC(=O)N(Cc1ccc(F)cc1)[C@H](C)C(=O)NCC(C)C)S(C)(=O)=O. The second-order valence-corrected chi connectivity index (χ2v) is 11.0. The Hall–Kier alpha value is -2.65. The van der Waals surface area contributed by atoms with Crippen LogP contribution >= 0.6 is 11.6 Å². The fourth-order valence-electron chi connectivity index (χ4n) is 3.32. The van der Waals surface area contributed by atoms with Crippen LogP contribution in [0, 0.1) is 18.7 Å². The highest BCUT2D eigenvalue weighted by atomic mass is 35.5. The second-order valence-electron chi connectivity index (χ2n) is 8.66. The third-order valence-corrected chi connectivity index (χ3v) is 6.59. The van der Waals surface area contributed by atoms with Gasteiger partial charge in [0.1, 0.15) is 18.4 Å². The van der Waals surface area contributed by atoms with Crippen molar-refractivity contribution in [3.63, 3.8) is 0 Å². The molecule has 0 aromatic heterocycles. The van der Waals surface area contributed by atoms with Crippen molar-refractivity contribution in [2.24, 2.45) is 5.92 Å². The highest BCUT2D eigenvalue weighted by molar-refractivity contribution is 7.92. The van der Waals surface area contributed by atoms with E-state index in [9.17, 15) is 22.4 Å². The molecule has 0 fully saturated rings. The summed E-state index contributed by atoms with van der Waals surface area (Å²) in [5.41, 5.74) is 1.50. The number of nitrogens with one attached hydrogen (secondary N) is 1. The average Bonchev–Trinajstić information content (AvgIpc) is 2.74. The summed E-state index contributed by atoms with van der Waals surface area (Å²) >= 11 is 6.01. The molecule has 0 spiro atoms. The number of benzene rings is 2. The van der Waals surface area contributed by atoms with Crippen LogP contribution in [0.5, 0.6) is 0 Å². The first kappa shape index (κ1) is 27.6. The zero-order chi connectivity index (χ0) is 25.6.